The number of benzene rings is 3. The van der Waals surface area contributed by atoms with Gasteiger partial charge in [0.1, 0.15) is 17.3 Å². The van der Waals surface area contributed by atoms with Crippen molar-refractivity contribution >= 4 is 29.7 Å². The van der Waals surface area contributed by atoms with Gasteiger partial charge in [0.05, 0.1) is 30.4 Å². The van der Waals surface area contributed by atoms with Gasteiger partial charge in [-0.3, -0.25) is 24.4 Å². The molecule has 0 unspecified atom stereocenters. The van der Waals surface area contributed by atoms with E-state index in [1.807, 2.05) is 0 Å². The molecule has 1 aromatic heterocycles. The molecule has 2 fully saturated rings. The summed E-state index contributed by atoms with van der Waals surface area (Å²) < 4.78 is 80.0. The first-order valence-corrected chi connectivity index (χ1v) is 17.0. The van der Waals surface area contributed by atoms with Crippen LogP contribution < -0.4 is 10.1 Å². The van der Waals surface area contributed by atoms with Crippen molar-refractivity contribution in [2.45, 2.75) is 38.2 Å². The van der Waals surface area contributed by atoms with Gasteiger partial charge in [-0.1, -0.05) is 48.6 Å². The lowest BCUT2D eigenvalue weighted by Crippen LogP contribution is -2.23. The van der Waals surface area contributed by atoms with Crippen LogP contribution in [0.4, 0.5) is 27.6 Å². The number of hydrogen-bond donors (Lipinski definition) is 3. The summed E-state index contributed by atoms with van der Waals surface area (Å²) in [6, 6.07) is 13.6. The molecule has 0 aliphatic carbocycles. The van der Waals surface area contributed by atoms with Crippen LogP contribution >= 0.6 is 0 Å². The second-order valence-corrected chi connectivity index (χ2v) is 13.2. The first-order chi connectivity index (χ1) is 25.3. The van der Waals surface area contributed by atoms with Gasteiger partial charge in [-0.2, -0.15) is 13.2 Å². The molecule has 0 bridgehead atoms. The van der Waals surface area contributed by atoms with Gasteiger partial charge >= 0.3 is 12.1 Å². The number of pyridine rings is 1. The third kappa shape index (κ3) is 8.73. The monoisotopic (exact) mass is 736 g/mol. The number of halogens is 5. The van der Waals surface area contributed by atoms with E-state index in [1.54, 1.807) is 11.0 Å². The summed E-state index contributed by atoms with van der Waals surface area (Å²) in [6.45, 7) is 2.52. The highest BCUT2D eigenvalue weighted by Gasteiger charge is 2.35. The van der Waals surface area contributed by atoms with Crippen molar-refractivity contribution in [3.63, 3.8) is 0 Å². The number of aliphatic carboxylic acids is 1. The molecular formula is C39H37F5N4O5. The summed E-state index contributed by atoms with van der Waals surface area (Å²) in [5.74, 6) is -3.91. The van der Waals surface area contributed by atoms with Crippen molar-refractivity contribution in [2.24, 2.45) is 5.92 Å². The first-order valence-electron chi connectivity index (χ1n) is 17.0. The molecule has 0 spiro atoms. The Morgan fingerprint density at radius 3 is 2.26 bits per heavy atom. The number of nitrogens with one attached hydrogen (secondary N) is 1. The summed E-state index contributed by atoms with van der Waals surface area (Å²) in [4.78, 5) is 32.3. The lowest BCUT2D eigenvalue weighted by molar-refractivity contribution is -0.141. The molecule has 1 amide bonds. The van der Waals surface area contributed by atoms with Crippen LogP contribution in [-0.2, 0) is 24.1 Å². The highest BCUT2D eigenvalue weighted by molar-refractivity contribution is 6.03. The number of hydrogen-bond acceptors (Lipinski definition) is 7. The zero-order chi connectivity index (χ0) is 37.9. The number of nitrogens with zero attached hydrogens (tertiary/aromatic N) is 3. The minimum absolute atomic E-state index is 0.0316. The van der Waals surface area contributed by atoms with Crippen LogP contribution in [0.5, 0.6) is 5.75 Å². The van der Waals surface area contributed by atoms with E-state index in [4.69, 9.17) is 4.74 Å². The molecule has 2 aliphatic rings. The van der Waals surface area contributed by atoms with Gasteiger partial charge < -0.3 is 20.3 Å². The minimum Gasteiger partial charge on any atom is -0.496 e. The summed E-state index contributed by atoms with van der Waals surface area (Å²) in [6.07, 6.45) is -0.268. The smallest absolute Gasteiger partial charge is 0.417 e. The average molecular weight is 737 g/mol. The molecule has 3 N–H and O–H groups in total. The number of likely N-dealkylation sites (tertiary alicyclic amines) is 2. The molecule has 53 heavy (non-hydrogen) atoms. The van der Waals surface area contributed by atoms with E-state index >= 15 is 8.78 Å². The van der Waals surface area contributed by atoms with Crippen LogP contribution in [0.15, 0.2) is 66.9 Å². The third-order valence-corrected chi connectivity index (χ3v) is 9.49. The number of carboxylic acid groups (broad SMARTS) is 1. The molecule has 9 nitrogen and oxygen atoms in total. The van der Waals surface area contributed by atoms with E-state index in [0.717, 1.165) is 30.3 Å². The van der Waals surface area contributed by atoms with Crippen molar-refractivity contribution in [1.82, 2.24) is 14.8 Å². The van der Waals surface area contributed by atoms with E-state index in [2.05, 4.69) is 15.2 Å². The fourth-order valence-electron chi connectivity index (χ4n) is 6.71. The molecule has 3 heterocycles. The maximum atomic E-state index is 15.9. The number of carboxylic acids is 1. The van der Waals surface area contributed by atoms with Crippen LogP contribution in [0.3, 0.4) is 0 Å². The second-order valence-electron chi connectivity index (χ2n) is 13.2. The molecule has 2 atom stereocenters. The molecular weight excluding hydrogens is 699 g/mol. The SMILES string of the molecule is COc1cc(/C=C/c2cccc(-c3cccc(NC(=O)c4ccc(CN5CC[C@@H](O)C5)cn4)c3F)c2F)c(C(F)(F)F)cc1CN1CC[C@@H](C(=O)O)C1. The molecule has 0 saturated carbocycles. The number of carbonyl (C=O) groups excluding carboxylic acids is 1. The van der Waals surface area contributed by atoms with Crippen molar-refractivity contribution in [3.05, 3.63) is 112 Å². The van der Waals surface area contributed by atoms with Crippen molar-refractivity contribution in [3.8, 4) is 16.9 Å². The number of rotatable bonds is 11. The summed E-state index contributed by atoms with van der Waals surface area (Å²) in [5.41, 5.74) is -0.870. The first kappa shape index (κ1) is 37.6. The van der Waals surface area contributed by atoms with Gasteiger partial charge in [0.2, 0.25) is 0 Å². The molecule has 278 valence electrons. The maximum absolute atomic E-state index is 15.9. The highest BCUT2D eigenvalue weighted by atomic mass is 19.4. The lowest BCUT2D eigenvalue weighted by Gasteiger charge is -2.20. The Morgan fingerprint density at radius 1 is 0.925 bits per heavy atom. The number of β-amino-alcohol motifs (C(OH)–C–C–N with tert-alkyl or cyclic N) is 1. The summed E-state index contributed by atoms with van der Waals surface area (Å²) in [7, 11) is 1.31. The quantitative estimate of drug-likeness (QED) is 0.112. The number of aliphatic hydroxyl groups is 1. The van der Waals surface area contributed by atoms with Crippen molar-refractivity contribution in [2.75, 3.05) is 38.6 Å². The number of aliphatic hydroxyl groups excluding tert-OH is 1. The van der Waals surface area contributed by atoms with Gasteiger partial charge in [0.25, 0.3) is 5.91 Å². The second kappa shape index (κ2) is 15.8. The van der Waals surface area contributed by atoms with Gasteiger partial charge in [0, 0.05) is 61.2 Å². The van der Waals surface area contributed by atoms with E-state index in [0.29, 0.717) is 32.5 Å². The number of anilines is 1. The van der Waals surface area contributed by atoms with Crippen LogP contribution in [-0.4, -0.2) is 76.3 Å². The number of ether oxygens (including phenoxy) is 1. The van der Waals surface area contributed by atoms with Crippen LogP contribution in [0.1, 0.15) is 51.1 Å². The number of methoxy groups -OCH3 is 1. The Labute approximate surface area is 302 Å². The fraction of sp³-hybridized carbons (Fsp3) is 0.308. The normalized spacial score (nSPS) is 18.2. The van der Waals surface area contributed by atoms with E-state index < -0.39 is 41.2 Å². The zero-order valence-electron chi connectivity index (χ0n) is 28.7. The number of carbonyl (C=O) groups is 2. The Bertz CT molecular complexity index is 2020. The Balaban J connectivity index is 1.21. The average Bonchev–Trinajstić information content (AvgIpc) is 3.77. The number of amides is 1. The van der Waals surface area contributed by atoms with Gasteiger partial charge in [-0.25, -0.2) is 8.78 Å². The maximum Gasteiger partial charge on any atom is 0.417 e. The standard InChI is InChI=1S/C39H37F5N4O5/c1-53-34-17-25(31(39(42,43)44)16-27(34)21-48-14-12-26(20-48)38(51)52)10-9-24-4-2-5-29(35(24)40)30-6-3-7-32(36(30)41)46-37(50)33-11-8-23(18-45-33)19-47-15-13-28(49)22-47/h2-11,16-18,26,28,49H,12-15,19-22H2,1H3,(H,46,50)(H,51,52)/b10-9+/t26-,28-/m1/s1. The number of aromatic nitrogens is 1. The molecule has 2 aliphatic heterocycles. The topological polar surface area (TPSA) is 115 Å². The van der Waals surface area contributed by atoms with E-state index in [9.17, 15) is 33.0 Å². The molecule has 14 heteroatoms. The summed E-state index contributed by atoms with van der Waals surface area (Å²) in [5, 5.41) is 21.5. The summed E-state index contributed by atoms with van der Waals surface area (Å²) >= 11 is 0. The van der Waals surface area contributed by atoms with Crippen molar-refractivity contribution < 1.29 is 46.5 Å². The van der Waals surface area contributed by atoms with E-state index in [-0.39, 0.29) is 64.1 Å². The van der Waals surface area contributed by atoms with E-state index in [1.165, 1.54) is 61.8 Å². The molecule has 6 rings (SSSR count). The Kier molecular flexibility index (Phi) is 11.2. The number of alkyl halides is 3. The molecule has 4 aromatic rings. The minimum atomic E-state index is -4.78. The Hall–Kier alpha value is -5.18. The van der Waals surface area contributed by atoms with Crippen molar-refractivity contribution in [1.29, 1.82) is 0 Å². The predicted molar refractivity (Wildman–Crippen MR) is 188 cm³/mol. The zero-order valence-corrected chi connectivity index (χ0v) is 28.7. The van der Waals surface area contributed by atoms with Crippen LogP contribution in [0.2, 0.25) is 0 Å². The molecule has 2 saturated heterocycles. The van der Waals surface area contributed by atoms with Crippen LogP contribution in [0, 0.1) is 17.6 Å². The highest BCUT2D eigenvalue weighted by Crippen LogP contribution is 2.38. The lowest BCUT2D eigenvalue weighted by atomic mass is 9.98. The fourth-order valence-corrected chi connectivity index (χ4v) is 6.71. The Morgan fingerprint density at radius 2 is 1.62 bits per heavy atom. The third-order valence-electron chi connectivity index (χ3n) is 9.49. The molecule has 0 radical (unpaired) electrons. The van der Waals surface area contributed by atoms with Gasteiger partial charge in [-0.15, -0.1) is 0 Å². The van der Waals surface area contributed by atoms with Crippen LogP contribution in [0.25, 0.3) is 23.3 Å². The van der Waals surface area contributed by atoms with Gasteiger partial charge in [-0.05, 0) is 54.8 Å². The van der Waals surface area contributed by atoms with Gasteiger partial charge in [0.15, 0.2) is 5.82 Å². The molecule has 3 aromatic carbocycles. The largest absolute Gasteiger partial charge is 0.496 e. The predicted octanol–water partition coefficient (Wildman–Crippen LogP) is 6.95.